The summed E-state index contributed by atoms with van der Waals surface area (Å²) in [6, 6.07) is 1.24. The maximum absolute atomic E-state index is 11.6. The lowest BCUT2D eigenvalue weighted by molar-refractivity contribution is 0.156. The van der Waals surface area contributed by atoms with Gasteiger partial charge < -0.3 is 15.7 Å². The highest BCUT2D eigenvalue weighted by Crippen LogP contribution is 1.97. The summed E-state index contributed by atoms with van der Waals surface area (Å²) in [4.78, 5) is 29.3. The van der Waals surface area contributed by atoms with E-state index in [4.69, 9.17) is 0 Å². The second kappa shape index (κ2) is 9.16. The molecule has 0 aliphatic heterocycles. The van der Waals surface area contributed by atoms with E-state index in [0.29, 0.717) is 37.7 Å². The first-order valence-electron chi connectivity index (χ1n) is 7.41. The van der Waals surface area contributed by atoms with Crippen LogP contribution in [-0.2, 0) is 0 Å². The highest BCUT2D eigenvalue weighted by Gasteiger charge is 2.06. The fraction of sp³-hybridized carbons (Fsp3) is 0.643. The second-order valence-electron chi connectivity index (χ2n) is 5.48. The number of nitrogens with one attached hydrogen (secondary N) is 4. The van der Waals surface area contributed by atoms with Crippen molar-refractivity contribution in [1.82, 2.24) is 20.6 Å². The first-order chi connectivity index (χ1) is 10.4. The Balaban J connectivity index is 2.22. The van der Waals surface area contributed by atoms with E-state index in [-0.39, 0.29) is 11.5 Å². The molecule has 2 amide bonds. The van der Waals surface area contributed by atoms with Crippen molar-refractivity contribution in [2.24, 2.45) is 0 Å². The standard InChI is InChI=1S/C14H25N5O3/c1-9(2)16-8-11(20)5-4-6-15-14(22)19-13-17-10(3)7-12(21)18-13/h7,9,11,16,20H,4-6,8H2,1-3H3,(H3,15,17,18,19,21,22). The molecule has 1 heterocycles. The van der Waals surface area contributed by atoms with E-state index in [2.05, 4.69) is 25.9 Å². The lowest BCUT2D eigenvalue weighted by atomic mass is 10.2. The largest absolute Gasteiger partial charge is 0.392 e. The van der Waals surface area contributed by atoms with Crippen molar-refractivity contribution < 1.29 is 9.90 Å². The molecular weight excluding hydrogens is 286 g/mol. The molecule has 124 valence electrons. The summed E-state index contributed by atoms with van der Waals surface area (Å²) in [5.74, 6) is 0.115. The van der Waals surface area contributed by atoms with Gasteiger partial charge in [0.1, 0.15) is 0 Å². The number of amides is 2. The summed E-state index contributed by atoms with van der Waals surface area (Å²) in [6.45, 7) is 6.67. The summed E-state index contributed by atoms with van der Waals surface area (Å²) in [5, 5.41) is 18.0. The van der Waals surface area contributed by atoms with Gasteiger partial charge in [0.2, 0.25) is 5.95 Å². The molecule has 5 N–H and O–H groups in total. The molecule has 0 aromatic carbocycles. The lowest BCUT2D eigenvalue weighted by Gasteiger charge is -2.14. The van der Waals surface area contributed by atoms with Crippen LogP contribution in [0.3, 0.4) is 0 Å². The number of aromatic amines is 1. The molecule has 8 nitrogen and oxygen atoms in total. The lowest BCUT2D eigenvalue weighted by Crippen LogP contribution is -2.34. The molecule has 1 aromatic heterocycles. The Kier molecular flexibility index (Phi) is 7.55. The molecule has 1 rings (SSSR count). The van der Waals surface area contributed by atoms with Crippen molar-refractivity contribution in [3.8, 4) is 0 Å². The Labute approximate surface area is 129 Å². The van der Waals surface area contributed by atoms with Crippen molar-refractivity contribution in [3.63, 3.8) is 0 Å². The molecule has 0 aliphatic carbocycles. The number of hydrogen-bond acceptors (Lipinski definition) is 5. The van der Waals surface area contributed by atoms with Gasteiger partial charge in [-0.15, -0.1) is 0 Å². The van der Waals surface area contributed by atoms with Crippen LogP contribution in [0.4, 0.5) is 10.7 Å². The van der Waals surface area contributed by atoms with E-state index in [0.717, 1.165) is 0 Å². The highest BCUT2D eigenvalue weighted by atomic mass is 16.3. The molecule has 0 saturated carbocycles. The molecule has 0 saturated heterocycles. The molecular formula is C14H25N5O3. The minimum Gasteiger partial charge on any atom is -0.392 e. The van der Waals surface area contributed by atoms with Crippen molar-refractivity contribution in [1.29, 1.82) is 0 Å². The monoisotopic (exact) mass is 311 g/mol. The topological polar surface area (TPSA) is 119 Å². The first-order valence-corrected chi connectivity index (χ1v) is 7.41. The van der Waals surface area contributed by atoms with Crippen LogP contribution in [0.2, 0.25) is 0 Å². The number of aliphatic hydroxyl groups excluding tert-OH is 1. The third-order valence-electron chi connectivity index (χ3n) is 2.86. The SMILES string of the molecule is Cc1cc(=O)[nH]c(NC(=O)NCCCC(O)CNC(C)C)n1. The molecule has 8 heteroatoms. The Bertz CT molecular complexity index is 529. The molecule has 0 radical (unpaired) electrons. The summed E-state index contributed by atoms with van der Waals surface area (Å²) >= 11 is 0. The molecule has 1 atom stereocenters. The smallest absolute Gasteiger partial charge is 0.321 e. The van der Waals surface area contributed by atoms with Gasteiger partial charge in [0.05, 0.1) is 6.10 Å². The predicted octanol–water partition coefficient (Wildman–Crippen LogP) is 0.339. The van der Waals surface area contributed by atoms with Gasteiger partial charge in [0.15, 0.2) is 0 Å². The number of urea groups is 1. The van der Waals surface area contributed by atoms with Gasteiger partial charge in [-0.1, -0.05) is 13.8 Å². The quantitative estimate of drug-likeness (QED) is 0.444. The molecule has 0 fully saturated rings. The van der Waals surface area contributed by atoms with Gasteiger partial charge in [-0.25, -0.2) is 9.78 Å². The third kappa shape index (κ3) is 7.75. The molecule has 0 aliphatic rings. The number of aryl methyl sites for hydroxylation is 1. The van der Waals surface area contributed by atoms with Crippen LogP contribution in [0.25, 0.3) is 0 Å². The van der Waals surface area contributed by atoms with Gasteiger partial charge in [-0.2, -0.15) is 0 Å². The van der Waals surface area contributed by atoms with E-state index >= 15 is 0 Å². The molecule has 1 aromatic rings. The Hall–Kier alpha value is -1.93. The van der Waals surface area contributed by atoms with E-state index < -0.39 is 12.1 Å². The molecule has 22 heavy (non-hydrogen) atoms. The van der Waals surface area contributed by atoms with Crippen molar-refractivity contribution in [2.75, 3.05) is 18.4 Å². The van der Waals surface area contributed by atoms with Crippen LogP contribution in [-0.4, -0.2) is 46.3 Å². The minimum atomic E-state index is -0.441. The van der Waals surface area contributed by atoms with Gasteiger partial charge in [0, 0.05) is 30.9 Å². The van der Waals surface area contributed by atoms with Crippen molar-refractivity contribution in [3.05, 3.63) is 22.1 Å². The number of nitrogens with zero attached hydrogens (tertiary/aromatic N) is 1. The molecule has 0 spiro atoms. The van der Waals surface area contributed by atoms with E-state index in [1.54, 1.807) is 6.92 Å². The summed E-state index contributed by atoms with van der Waals surface area (Å²) in [7, 11) is 0. The second-order valence-corrected chi connectivity index (χ2v) is 5.48. The highest BCUT2D eigenvalue weighted by molar-refractivity contribution is 5.87. The fourth-order valence-electron chi connectivity index (χ4n) is 1.80. The van der Waals surface area contributed by atoms with E-state index in [1.165, 1.54) is 6.07 Å². The third-order valence-corrected chi connectivity index (χ3v) is 2.86. The van der Waals surface area contributed by atoms with Crippen LogP contribution < -0.4 is 21.5 Å². The number of aliphatic hydroxyl groups is 1. The normalized spacial score (nSPS) is 12.2. The predicted molar refractivity (Wildman–Crippen MR) is 85.0 cm³/mol. The Morgan fingerprint density at radius 2 is 2.18 bits per heavy atom. The Morgan fingerprint density at radius 1 is 1.45 bits per heavy atom. The first kappa shape index (κ1) is 18.1. The zero-order valence-electron chi connectivity index (χ0n) is 13.3. The van der Waals surface area contributed by atoms with E-state index in [1.807, 2.05) is 13.8 Å². The van der Waals surface area contributed by atoms with Crippen LogP contribution in [0, 0.1) is 6.92 Å². The van der Waals surface area contributed by atoms with Gasteiger partial charge in [-0.3, -0.25) is 15.1 Å². The van der Waals surface area contributed by atoms with Gasteiger partial charge in [0.25, 0.3) is 5.56 Å². The number of aromatic nitrogens is 2. The number of carbonyl (C=O) groups is 1. The van der Waals surface area contributed by atoms with Gasteiger partial charge in [-0.05, 0) is 19.8 Å². The van der Waals surface area contributed by atoms with Crippen LogP contribution in [0.1, 0.15) is 32.4 Å². The zero-order chi connectivity index (χ0) is 16.5. The van der Waals surface area contributed by atoms with Gasteiger partial charge >= 0.3 is 6.03 Å². The van der Waals surface area contributed by atoms with E-state index in [9.17, 15) is 14.7 Å². The fourth-order valence-corrected chi connectivity index (χ4v) is 1.80. The average Bonchev–Trinajstić information content (AvgIpc) is 2.40. The number of hydrogen-bond donors (Lipinski definition) is 5. The summed E-state index contributed by atoms with van der Waals surface area (Å²) < 4.78 is 0. The van der Waals surface area contributed by atoms with Crippen LogP contribution in [0.15, 0.2) is 10.9 Å². The molecule has 1 unspecified atom stereocenters. The maximum Gasteiger partial charge on any atom is 0.321 e. The maximum atomic E-state index is 11.6. The average molecular weight is 311 g/mol. The molecule has 0 bridgehead atoms. The van der Waals surface area contributed by atoms with Crippen LogP contribution in [0.5, 0.6) is 0 Å². The summed E-state index contributed by atoms with van der Waals surface area (Å²) in [6.07, 6.45) is 0.827. The number of anilines is 1. The zero-order valence-corrected chi connectivity index (χ0v) is 13.3. The van der Waals surface area contributed by atoms with Crippen molar-refractivity contribution in [2.45, 2.75) is 45.8 Å². The number of rotatable bonds is 8. The summed E-state index contributed by atoms with van der Waals surface area (Å²) in [5.41, 5.74) is 0.211. The van der Waals surface area contributed by atoms with Crippen LogP contribution >= 0.6 is 0 Å². The Morgan fingerprint density at radius 3 is 2.82 bits per heavy atom. The number of carbonyl (C=O) groups excluding carboxylic acids is 1. The van der Waals surface area contributed by atoms with Crippen molar-refractivity contribution >= 4 is 12.0 Å². The number of H-pyrrole nitrogens is 1. The minimum absolute atomic E-state index is 0.115.